The van der Waals surface area contributed by atoms with Crippen LogP contribution in [0.2, 0.25) is 0 Å². The smallest absolute Gasteiger partial charge is 0.230 e. The quantitative estimate of drug-likeness (QED) is 0.700. The van der Waals surface area contributed by atoms with Crippen molar-refractivity contribution in [1.82, 2.24) is 4.98 Å². The number of para-hydroxylation sites is 2. The molecule has 0 aliphatic carbocycles. The standard InChI is InChI=1S/C20H20N2O2S/c1-3-24-18-10-5-4-9-17(18)22-19(23)12-16-13-25-20(21-16)15-8-6-7-14(2)11-15/h4-11,13H,3,12H2,1-2H3,(H,22,23). The Morgan fingerprint density at radius 1 is 1.20 bits per heavy atom. The van der Waals surface area contributed by atoms with Gasteiger partial charge in [-0.1, -0.05) is 35.9 Å². The first-order chi connectivity index (χ1) is 12.2. The molecule has 0 spiro atoms. The molecule has 0 saturated heterocycles. The minimum Gasteiger partial charge on any atom is -0.492 e. The van der Waals surface area contributed by atoms with Crippen LogP contribution in [0.5, 0.6) is 5.75 Å². The van der Waals surface area contributed by atoms with Crippen molar-refractivity contribution in [3.05, 3.63) is 65.2 Å². The van der Waals surface area contributed by atoms with E-state index < -0.39 is 0 Å². The largest absolute Gasteiger partial charge is 0.492 e. The zero-order valence-corrected chi connectivity index (χ0v) is 15.1. The van der Waals surface area contributed by atoms with Crippen molar-refractivity contribution in [1.29, 1.82) is 0 Å². The molecule has 3 aromatic rings. The summed E-state index contributed by atoms with van der Waals surface area (Å²) in [4.78, 5) is 16.9. The van der Waals surface area contributed by atoms with Gasteiger partial charge < -0.3 is 10.1 Å². The zero-order chi connectivity index (χ0) is 17.6. The molecule has 0 aliphatic heterocycles. The van der Waals surface area contributed by atoms with Crippen LogP contribution in [0.1, 0.15) is 18.2 Å². The van der Waals surface area contributed by atoms with Crippen LogP contribution in [-0.2, 0) is 11.2 Å². The Hall–Kier alpha value is -2.66. The summed E-state index contributed by atoms with van der Waals surface area (Å²) < 4.78 is 5.53. The molecular formula is C20H20N2O2S. The Morgan fingerprint density at radius 2 is 2.04 bits per heavy atom. The maximum Gasteiger partial charge on any atom is 0.230 e. The lowest BCUT2D eigenvalue weighted by atomic mass is 10.1. The number of rotatable bonds is 6. The third kappa shape index (κ3) is 4.45. The average molecular weight is 352 g/mol. The van der Waals surface area contributed by atoms with E-state index in [1.54, 1.807) is 11.3 Å². The monoisotopic (exact) mass is 352 g/mol. The SMILES string of the molecule is CCOc1ccccc1NC(=O)Cc1csc(-c2cccc(C)c2)n1. The summed E-state index contributed by atoms with van der Waals surface area (Å²) in [5, 5.41) is 5.77. The molecule has 0 saturated carbocycles. The first kappa shape index (κ1) is 17.2. The molecule has 0 unspecified atom stereocenters. The van der Waals surface area contributed by atoms with Crippen LogP contribution < -0.4 is 10.1 Å². The van der Waals surface area contributed by atoms with Crippen LogP contribution in [0, 0.1) is 6.92 Å². The highest BCUT2D eigenvalue weighted by atomic mass is 32.1. The number of nitrogens with zero attached hydrogens (tertiary/aromatic N) is 1. The number of anilines is 1. The Morgan fingerprint density at radius 3 is 2.84 bits per heavy atom. The van der Waals surface area contributed by atoms with E-state index in [9.17, 15) is 4.79 Å². The van der Waals surface area contributed by atoms with Gasteiger partial charge in [0, 0.05) is 10.9 Å². The lowest BCUT2D eigenvalue weighted by Gasteiger charge is -2.10. The van der Waals surface area contributed by atoms with Gasteiger partial charge in [-0.05, 0) is 32.0 Å². The van der Waals surface area contributed by atoms with Crippen molar-refractivity contribution in [2.45, 2.75) is 20.3 Å². The van der Waals surface area contributed by atoms with E-state index in [1.807, 2.05) is 48.7 Å². The molecule has 3 rings (SSSR count). The number of carbonyl (C=O) groups is 1. The van der Waals surface area contributed by atoms with E-state index >= 15 is 0 Å². The number of carbonyl (C=O) groups excluding carboxylic acids is 1. The topological polar surface area (TPSA) is 51.2 Å². The predicted molar refractivity (Wildman–Crippen MR) is 102 cm³/mol. The van der Waals surface area contributed by atoms with Crippen LogP contribution >= 0.6 is 11.3 Å². The fourth-order valence-electron chi connectivity index (χ4n) is 2.51. The molecule has 5 heteroatoms. The van der Waals surface area contributed by atoms with Gasteiger partial charge in [-0.2, -0.15) is 0 Å². The highest BCUT2D eigenvalue weighted by Gasteiger charge is 2.11. The van der Waals surface area contributed by atoms with E-state index in [0.29, 0.717) is 18.0 Å². The summed E-state index contributed by atoms with van der Waals surface area (Å²) >= 11 is 1.56. The van der Waals surface area contributed by atoms with Gasteiger partial charge in [-0.15, -0.1) is 11.3 Å². The molecule has 0 aliphatic rings. The molecule has 1 aromatic heterocycles. The van der Waals surface area contributed by atoms with E-state index in [-0.39, 0.29) is 12.3 Å². The number of hydrogen-bond acceptors (Lipinski definition) is 4. The van der Waals surface area contributed by atoms with Gasteiger partial charge in [0.2, 0.25) is 5.91 Å². The summed E-state index contributed by atoms with van der Waals surface area (Å²) in [5.41, 5.74) is 3.73. The minimum atomic E-state index is -0.103. The van der Waals surface area contributed by atoms with Crippen LogP contribution in [0.4, 0.5) is 5.69 Å². The molecule has 0 fully saturated rings. The van der Waals surface area contributed by atoms with Gasteiger partial charge in [0.1, 0.15) is 10.8 Å². The van der Waals surface area contributed by atoms with Gasteiger partial charge in [0.15, 0.2) is 0 Å². The number of benzene rings is 2. The van der Waals surface area contributed by atoms with Crippen LogP contribution in [-0.4, -0.2) is 17.5 Å². The maximum absolute atomic E-state index is 12.3. The highest BCUT2D eigenvalue weighted by molar-refractivity contribution is 7.13. The molecule has 1 heterocycles. The lowest BCUT2D eigenvalue weighted by Crippen LogP contribution is -2.15. The Labute approximate surface area is 151 Å². The Balaban J connectivity index is 1.68. The average Bonchev–Trinajstić information content (AvgIpc) is 3.05. The number of amides is 1. The second kappa shape index (κ2) is 7.94. The van der Waals surface area contributed by atoms with E-state index in [0.717, 1.165) is 16.3 Å². The molecule has 0 atom stereocenters. The first-order valence-corrected chi connectivity index (χ1v) is 9.07. The summed E-state index contributed by atoms with van der Waals surface area (Å²) in [6.07, 6.45) is 0.239. The van der Waals surface area contributed by atoms with E-state index in [1.165, 1.54) is 5.56 Å². The number of nitrogens with one attached hydrogen (secondary N) is 1. The van der Waals surface area contributed by atoms with Crippen molar-refractivity contribution in [2.24, 2.45) is 0 Å². The van der Waals surface area contributed by atoms with Crippen molar-refractivity contribution >= 4 is 22.9 Å². The molecule has 0 radical (unpaired) electrons. The molecule has 1 N–H and O–H groups in total. The Bertz CT molecular complexity index is 873. The number of hydrogen-bond donors (Lipinski definition) is 1. The molecular weight excluding hydrogens is 332 g/mol. The summed E-state index contributed by atoms with van der Waals surface area (Å²) in [5.74, 6) is 0.574. The summed E-state index contributed by atoms with van der Waals surface area (Å²) in [7, 11) is 0. The second-order valence-corrected chi connectivity index (χ2v) is 6.53. The number of ether oxygens (including phenoxy) is 1. The predicted octanol–water partition coefficient (Wildman–Crippen LogP) is 4.70. The first-order valence-electron chi connectivity index (χ1n) is 8.19. The molecule has 4 nitrogen and oxygen atoms in total. The fraction of sp³-hybridized carbons (Fsp3) is 0.200. The van der Waals surface area contributed by atoms with Gasteiger partial charge in [-0.25, -0.2) is 4.98 Å². The molecule has 128 valence electrons. The second-order valence-electron chi connectivity index (χ2n) is 5.67. The van der Waals surface area contributed by atoms with Crippen molar-refractivity contribution in [3.8, 4) is 16.3 Å². The third-order valence-corrected chi connectivity index (χ3v) is 4.56. The van der Waals surface area contributed by atoms with Gasteiger partial charge in [-0.3, -0.25) is 4.79 Å². The highest BCUT2D eigenvalue weighted by Crippen LogP contribution is 2.26. The fourth-order valence-corrected chi connectivity index (χ4v) is 3.33. The molecule has 2 aromatic carbocycles. The Kier molecular flexibility index (Phi) is 5.46. The van der Waals surface area contributed by atoms with Gasteiger partial charge >= 0.3 is 0 Å². The van der Waals surface area contributed by atoms with Gasteiger partial charge in [0.05, 0.1) is 24.4 Å². The number of thiazole rings is 1. The molecule has 25 heavy (non-hydrogen) atoms. The van der Waals surface area contributed by atoms with Gasteiger partial charge in [0.25, 0.3) is 0 Å². The van der Waals surface area contributed by atoms with E-state index in [2.05, 4.69) is 29.4 Å². The van der Waals surface area contributed by atoms with Crippen LogP contribution in [0.15, 0.2) is 53.9 Å². The van der Waals surface area contributed by atoms with Crippen LogP contribution in [0.3, 0.4) is 0 Å². The third-order valence-electron chi connectivity index (χ3n) is 3.62. The zero-order valence-electron chi connectivity index (χ0n) is 14.3. The lowest BCUT2D eigenvalue weighted by molar-refractivity contribution is -0.115. The number of aryl methyl sites for hydroxylation is 1. The summed E-state index contributed by atoms with van der Waals surface area (Å²) in [6, 6.07) is 15.6. The van der Waals surface area contributed by atoms with Crippen molar-refractivity contribution in [2.75, 3.05) is 11.9 Å². The minimum absolute atomic E-state index is 0.103. The molecule has 1 amide bonds. The molecule has 0 bridgehead atoms. The van der Waals surface area contributed by atoms with Crippen molar-refractivity contribution < 1.29 is 9.53 Å². The maximum atomic E-state index is 12.3. The normalized spacial score (nSPS) is 10.5. The van der Waals surface area contributed by atoms with E-state index in [4.69, 9.17) is 4.74 Å². The number of aromatic nitrogens is 1. The van der Waals surface area contributed by atoms with Crippen LogP contribution in [0.25, 0.3) is 10.6 Å². The summed E-state index contributed by atoms with van der Waals surface area (Å²) in [6.45, 7) is 4.53. The van der Waals surface area contributed by atoms with Crippen molar-refractivity contribution in [3.63, 3.8) is 0 Å².